The quantitative estimate of drug-likeness (QED) is 0.622. The molecule has 0 radical (unpaired) electrons. The molecule has 3 nitrogen and oxygen atoms in total. The summed E-state index contributed by atoms with van der Waals surface area (Å²) < 4.78 is 5.76. The van der Waals surface area contributed by atoms with Crippen molar-refractivity contribution in [3.05, 3.63) is 60.2 Å². The molecule has 0 atom stereocenters. The lowest BCUT2D eigenvalue weighted by molar-refractivity contribution is 0.0463. The van der Waals surface area contributed by atoms with Gasteiger partial charge in [-0.3, -0.25) is 0 Å². The molecule has 2 aromatic rings. The van der Waals surface area contributed by atoms with Crippen LogP contribution in [0, 0.1) is 0 Å². The number of rotatable bonds is 6. The van der Waals surface area contributed by atoms with Crippen molar-refractivity contribution in [1.82, 2.24) is 5.48 Å². The summed E-state index contributed by atoms with van der Waals surface area (Å²) in [7, 11) is 0. The number of ether oxygens (including phenoxy) is 1. The summed E-state index contributed by atoms with van der Waals surface area (Å²) in [4.78, 5) is 5.10. The molecule has 3 heteroatoms. The van der Waals surface area contributed by atoms with Gasteiger partial charge in [-0.1, -0.05) is 30.3 Å². The summed E-state index contributed by atoms with van der Waals surface area (Å²) in [6, 6.07) is 17.7. The minimum absolute atomic E-state index is 0.653. The van der Waals surface area contributed by atoms with E-state index in [9.17, 15) is 0 Å². The SMILES string of the molecule is CCONCc1cccc(Oc2ccccc2)c1. The molecule has 0 heterocycles. The highest BCUT2D eigenvalue weighted by Crippen LogP contribution is 2.21. The van der Waals surface area contributed by atoms with Crippen molar-refractivity contribution >= 4 is 0 Å². The van der Waals surface area contributed by atoms with Gasteiger partial charge in [0.1, 0.15) is 11.5 Å². The van der Waals surface area contributed by atoms with E-state index in [1.165, 1.54) is 0 Å². The van der Waals surface area contributed by atoms with E-state index >= 15 is 0 Å². The summed E-state index contributed by atoms with van der Waals surface area (Å²) in [6.07, 6.45) is 0. The van der Waals surface area contributed by atoms with Gasteiger partial charge in [0, 0.05) is 6.54 Å². The molecule has 18 heavy (non-hydrogen) atoms. The van der Waals surface area contributed by atoms with Crippen LogP contribution < -0.4 is 10.2 Å². The molecule has 0 amide bonds. The normalized spacial score (nSPS) is 10.3. The molecule has 0 saturated carbocycles. The maximum atomic E-state index is 5.76. The summed E-state index contributed by atoms with van der Waals surface area (Å²) in [5, 5.41) is 0. The molecule has 2 aromatic carbocycles. The van der Waals surface area contributed by atoms with Gasteiger partial charge in [0.05, 0.1) is 6.61 Å². The van der Waals surface area contributed by atoms with E-state index in [0.29, 0.717) is 13.2 Å². The third kappa shape index (κ3) is 3.87. The summed E-state index contributed by atoms with van der Waals surface area (Å²) >= 11 is 0. The second-order valence-corrected chi connectivity index (χ2v) is 3.82. The van der Waals surface area contributed by atoms with Crippen LogP contribution in [0.2, 0.25) is 0 Å². The van der Waals surface area contributed by atoms with Gasteiger partial charge in [-0.15, -0.1) is 0 Å². The number of hydrogen-bond acceptors (Lipinski definition) is 3. The Morgan fingerprint density at radius 2 is 1.72 bits per heavy atom. The predicted octanol–water partition coefficient (Wildman–Crippen LogP) is 3.52. The van der Waals surface area contributed by atoms with Crippen LogP contribution in [0.1, 0.15) is 12.5 Å². The van der Waals surface area contributed by atoms with E-state index in [2.05, 4.69) is 5.48 Å². The zero-order valence-electron chi connectivity index (χ0n) is 10.4. The molecule has 0 aromatic heterocycles. The maximum Gasteiger partial charge on any atom is 0.127 e. The Bertz CT molecular complexity index is 471. The highest BCUT2D eigenvalue weighted by molar-refractivity contribution is 5.33. The van der Waals surface area contributed by atoms with Crippen LogP contribution >= 0.6 is 0 Å². The molecular formula is C15H17NO2. The number of hydroxylamine groups is 1. The average Bonchev–Trinajstić information content (AvgIpc) is 2.41. The van der Waals surface area contributed by atoms with Crippen LogP contribution in [0.4, 0.5) is 0 Å². The van der Waals surface area contributed by atoms with E-state index in [0.717, 1.165) is 17.1 Å². The fourth-order valence-electron chi connectivity index (χ4n) is 1.58. The monoisotopic (exact) mass is 243 g/mol. The second-order valence-electron chi connectivity index (χ2n) is 3.82. The molecule has 0 aliphatic rings. The Morgan fingerprint density at radius 3 is 2.50 bits per heavy atom. The summed E-state index contributed by atoms with van der Waals surface area (Å²) in [5.74, 6) is 1.67. The van der Waals surface area contributed by atoms with Gasteiger partial charge >= 0.3 is 0 Å². The second kappa shape index (κ2) is 6.79. The van der Waals surface area contributed by atoms with Crippen molar-refractivity contribution in [3.63, 3.8) is 0 Å². The van der Waals surface area contributed by atoms with E-state index in [1.54, 1.807) is 0 Å². The zero-order chi connectivity index (χ0) is 12.6. The molecular weight excluding hydrogens is 226 g/mol. The fourth-order valence-corrected chi connectivity index (χ4v) is 1.58. The minimum atomic E-state index is 0.653. The molecule has 0 aliphatic heterocycles. The molecule has 0 saturated heterocycles. The maximum absolute atomic E-state index is 5.76. The van der Waals surface area contributed by atoms with E-state index in [1.807, 2.05) is 61.5 Å². The van der Waals surface area contributed by atoms with Crippen LogP contribution in [-0.4, -0.2) is 6.61 Å². The van der Waals surface area contributed by atoms with Crippen LogP contribution in [0.3, 0.4) is 0 Å². The summed E-state index contributed by atoms with van der Waals surface area (Å²) in [5.41, 5.74) is 4.01. The first-order chi connectivity index (χ1) is 8.88. The van der Waals surface area contributed by atoms with Gasteiger partial charge in [-0.05, 0) is 36.8 Å². The third-order valence-electron chi connectivity index (χ3n) is 2.40. The molecule has 94 valence electrons. The molecule has 1 N–H and O–H groups in total. The van der Waals surface area contributed by atoms with Crippen LogP contribution in [0.5, 0.6) is 11.5 Å². The lowest BCUT2D eigenvalue weighted by Crippen LogP contribution is -2.13. The minimum Gasteiger partial charge on any atom is -0.457 e. The molecule has 2 rings (SSSR count). The van der Waals surface area contributed by atoms with Gasteiger partial charge in [-0.2, -0.15) is 5.48 Å². The van der Waals surface area contributed by atoms with Crippen molar-refractivity contribution in [1.29, 1.82) is 0 Å². The highest BCUT2D eigenvalue weighted by Gasteiger charge is 1.98. The van der Waals surface area contributed by atoms with Crippen LogP contribution in [0.25, 0.3) is 0 Å². The van der Waals surface area contributed by atoms with Gasteiger partial charge in [0.2, 0.25) is 0 Å². The Labute approximate surface area is 107 Å². The number of para-hydroxylation sites is 1. The molecule has 0 bridgehead atoms. The first-order valence-electron chi connectivity index (χ1n) is 6.05. The summed E-state index contributed by atoms with van der Waals surface area (Å²) in [6.45, 7) is 3.27. The smallest absolute Gasteiger partial charge is 0.127 e. The first kappa shape index (κ1) is 12.6. The predicted molar refractivity (Wildman–Crippen MR) is 71.4 cm³/mol. The molecule has 0 unspecified atom stereocenters. The Hall–Kier alpha value is -1.84. The largest absolute Gasteiger partial charge is 0.457 e. The first-order valence-corrected chi connectivity index (χ1v) is 6.05. The number of hydrogen-bond donors (Lipinski definition) is 1. The van der Waals surface area contributed by atoms with Crippen molar-refractivity contribution in [3.8, 4) is 11.5 Å². The van der Waals surface area contributed by atoms with Crippen molar-refractivity contribution in [2.24, 2.45) is 0 Å². The lowest BCUT2D eigenvalue weighted by atomic mass is 10.2. The van der Waals surface area contributed by atoms with Crippen LogP contribution in [0.15, 0.2) is 54.6 Å². The lowest BCUT2D eigenvalue weighted by Gasteiger charge is -2.08. The van der Waals surface area contributed by atoms with Crippen molar-refractivity contribution < 1.29 is 9.57 Å². The van der Waals surface area contributed by atoms with E-state index in [-0.39, 0.29) is 0 Å². The topological polar surface area (TPSA) is 30.5 Å². The number of nitrogens with one attached hydrogen (secondary N) is 1. The van der Waals surface area contributed by atoms with Gasteiger partial charge < -0.3 is 9.57 Å². The van der Waals surface area contributed by atoms with E-state index < -0.39 is 0 Å². The average molecular weight is 243 g/mol. The molecule has 0 aliphatic carbocycles. The van der Waals surface area contributed by atoms with Gasteiger partial charge in [0.15, 0.2) is 0 Å². The third-order valence-corrected chi connectivity index (χ3v) is 2.40. The van der Waals surface area contributed by atoms with E-state index in [4.69, 9.17) is 9.57 Å². The van der Waals surface area contributed by atoms with Gasteiger partial charge in [-0.25, -0.2) is 0 Å². The van der Waals surface area contributed by atoms with Crippen molar-refractivity contribution in [2.45, 2.75) is 13.5 Å². The van der Waals surface area contributed by atoms with Crippen LogP contribution in [-0.2, 0) is 11.4 Å². The Morgan fingerprint density at radius 1 is 0.944 bits per heavy atom. The molecule has 0 fully saturated rings. The van der Waals surface area contributed by atoms with Gasteiger partial charge in [0.25, 0.3) is 0 Å². The fraction of sp³-hybridized carbons (Fsp3) is 0.200. The van der Waals surface area contributed by atoms with Crippen molar-refractivity contribution in [2.75, 3.05) is 6.61 Å². The Kier molecular flexibility index (Phi) is 4.76. The molecule has 0 spiro atoms. The Balaban J connectivity index is 1.99. The zero-order valence-corrected chi connectivity index (χ0v) is 10.4. The highest BCUT2D eigenvalue weighted by atomic mass is 16.6. The standard InChI is InChI=1S/C15H17NO2/c1-2-17-16-12-13-7-6-10-15(11-13)18-14-8-4-3-5-9-14/h3-11,16H,2,12H2,1H3. The number of benzene rings is 2.